The van der Waals surface area contributed by atoms with Crippen molar-refractivity contribution in [3.05, 3.63) is 0 Å². The highest BCUT2D eigenvalue weighted by atomic mass is 27.3. The summed E-state index contributed by atoms with van der Waals surface area (Å²) in [4.78, 5) is 0. The van der Waals surface area contributed by atoms with E-state index in [4.69, 9.17) is 11.4 Å². The van der Waals surface area contributed by atoms with Gasteiger partial charge in [-0.25, -0.2) is 0 Å². The van der Waals surface area contributed by atoms with Gasteiger partial charge in [0.15, 0.2) is 0 Å². The average Bonchev–Trinajstić information content (AvgIpc) is 1.83. The fraction of sp³-hybridized carbons (Fsp3) is 1.00. The maximum absolute atomic E-state index is 5.03. The highest BCUT2D eigenvalue weighted by Gasteiger charge is 2.26. The molecule has 0 bridgehead atoms. The molecule has 0 atom stereocenters. The summed E-state index contributed by atoms with van der Waals surface area (Å²) in [7, 11) is 3.19. The lowest BCUT2D eigenvalue weighted by Gasteiger charge is -2.03. The third-order valence-corrected chi connectivity index (χ3v) is 2.06. The van der Waals surface area contributed by atoms with E-state index in [9.17, 15) is 0 Å². The molecular weight excluding hydrogens is 123 g/mol. The second-order valence-corrected chi connectivity index (χ2v) is 3.07. The predicted molar refractivity (Wildman–Crippen MR) is 31.4 cm³/mol. The number of hydrogen-bond acceptors (Lipinski definition) is 3. The molecular formula is C4H11AlO3. The van der Waals surface area contributed by atoms with Crippen LogP contribution in [0.4, 0.5) is 0 Å². The molecule has 0 aromatic rings. The molecule has 0 radical (unpaired) electrons. The summed E-state index contributed by atoms with van der Waals surface area (Å²) in [6.45, 7) is 2.58. The van der Waals surface area contributed by atoms with Crippen LogP contribution < -0.4 is 0 Å². The molecule has 0 rings (SSSR count). The van der Waals surface area contributed by atoms with Crippen LogP contribution in [0, 0.1) is 0 Å². The van der Waals surface area contributed by atoms with Crippen molar-refractivity contribution < 1.29 is 11.4 Å². The van der Waals surface area contributed by atoms with E-state index in [-0.39, 0.29) is 0 Å². The number of hydrogen-bond donors (Lipinski definition) is 0. The summed E-state index contributed by atoms with van der Waals surface area (Å²) >= 11 is -1.69. The molecule has 0 aliphatic heterocycles. The average molecular weight is 134 g/mol. The molecule has 0 heterocycles. The van der Waals surface area contributed by atoms with Crippen LogP contribution in [0.15, 0.2) is 0 Å². The van der Waals surface area contributed by atoms with Gasteiger partial charge in [-0.05, 0) is 6.92 Å². The normalized spacial score (nSPS) is 9.38. The Labute approximate surface area is 54.9 Å². The molecule has 0 spiro atoms. The minimum absolute atomic E-state index is 0.665. The quantitative estimate of drug-likeness (QED) is 0.517. The Morgan fingerprint density at radius 3 is 1.88 bits per heavy atom. The molecule has 8 heavy (non-hydrogen) atoms. The Morgan fingerprint density at radius 1 is 1.25 bits per heavy atom. The molecule has 0 fully saturated rings. The van der Waals surface area contributed by atoms with Gasteiger partial charge in [0.05, 0.1) is 0 Å². The fourth-order valence-electron chi connectivity index (χ4n) is 0.368. The second-order valence-electron chi connectivity index (χ2n) is 1.22. The lowest BCUT2D eigenvalue weighted by atomic mass is 10.9. The maximum atomic E-state index is 5.03. The van der Waals surface area contributed by atoms with E-state index in [0.717, 1.165) is 0 Å². The summed E-state index contributed by atoms with van der Waals surface area (Å²) in [6.07, 6.45) is 0. The van der Waals surface area contributed by atoms with Crippen molar-refractivity contribution in [1.82, 2.24) is 0 Å². The molecule has 0 aliphatic carbocycles. The largest absolute Gasteiger partial charge is 0.905 e. The van der Waals surface area contributed by atoms with E-state index in [0.29, 0.717) is 6.61 Å². The van der Waals surface area contributed by atoms with Crippen LogP contribution in [-0.2, 0) is 11.4 Å². The van der Waals surface area contributed by atoms with Crippen molar-refractivity contribution in [2.24, 2.45) is 0 Å². The first-order valence-electron chi connectivity index (χ1n) is 2.52. The van der Waals surface area contributed by atoms with Crippen molar-refractivity contribution in [2.75, 3.05) is 20.8 Å². The molecule has 0 aliphatic rings. The summed E-state index contributed by atoms with van der Waals surface area (Å²) in [5.41, 5.74) is 0. The molecule has 0 amide bonds. The van der Waals surface area contributed by atoms with E-state index in [2.05, 4.69) is 0 Å². The topological polar surface area (TPSA) is 27.7 Å². The van der Waals surface area contributed by atoms with Crippen molar-refractivity contribution in [1.29, 1.82) is 0 Å². The van der Waals surface area contributed by atoms with Crippen LogP contribution in [0.1, 0.15) is 6.92 Å². The molecule has 0 unspecified atom stereocenters. The standard InChI is InChI=1S/C2H5O.2CH3O.Al/c1-2-3;2*1-2;/h2H2,1H3;2*1H3;/q3*-1;+3. The third-order valence-electron chi connectivity index (χ3n) is 0.688. The second kappa shape index (κ2) is 5.55. The summed E-state index contributed by atoms with van der Waals surface area (Å²) < 4.78 is 14.7. The van der Waals surface area contributed by atoms with Crippen molar-refractivity contribution in [2.45, 2.75) is 6.92 Å². The van der Waals surface area contributed by atoms with Crippen molar-refractivity contribution >= 4 is 15.1 Å². The zero-order valence-electron chi connectivity index (χ0n) is 5.51. The molecule has 48 valence electrons. The summed E-state index contributed by atoms with van der Waals surface area (Å²) in [5.74, 6) is 0. The SMILES string of the molecule is CC[O][Al]([O]C)[O]C. The Kier molecular flexibility index (Phi) is 5.83. The molecule has 3 nitrogen and oxygen atoms in total. The van der Waals surface area contributed by atoms with Crippen LogP contribution >= 0.6 is 0 Å². The first-order valence-corrected chi connectivity index (χ1v) is 3.93. The van der Waals surface area contributed by atoms with Gasteiger partial charge >= 0.3 is 15.1 Å². The zero-order chi connectivity index (χ0) is 6.41. The van der Waals surface area contributed by atoms with Crippen LogP contribution in [0.25, 0.3) is 0 Å². The third kappa shape index (κ3) is 3.42. The van der Waals surface area contributed by atoms with E-state index >= 15 is 0 Å². The van der Waals surface area contributed by atoms with Gasteiger partial charge in [-0.1, -0.05) is 0 Å². The van der Waals surface area contributed by atoms with E-state index in [1.807, 2.05) is 6.92 Å². The molecule has 0 N–H and O–H groups in total. The molecule has 0 saturated carbocycles. The molecule has 4 heteroatoms. The van der Waals surface area contributed by atoms with E-state index < -0.39 is 15.1 Å². The Bertz CT molecular complexity index is 46.5. The summed E-state index contributed by atoms with van der Waals surface area (Å²) in [5, 5.41) is 0. The van der Waals surface area contributed by atoms with Crippen molar-refractivity contribution in [3.63, 3.8) is 0 Å². The first kappa shape index (κ1) is 8.41. The Morgan fingerprint density at radius 2 is 1.75 bits per heavy atom. The Hall–Kier alpha value is 0.412. The van der Waals surface area contributed by atoms with Gasteiger partial charge in [-0.2, -0.15) is 0 Å². The zero-order valence-corrected chi connectivity index (χ0v) is 6.66. The lowest BCUT2D eigenvalue weighted by molar-refractivity contribution is 0.142. The van der Waals surface area contributed by atoms with Gasteiger partial charge in [0, 0.05) is 20.8 Å². The predicted octanol–water partition coefficient (Wildman–Crippen LogP) is 0.301. The monoisotopic (exact) mass is 134 g/mol. The van der Waals surface area contributed by atoms with E-state index in [1.165, 1.54) is 0 Å². The minimum Gasteiger partial charge on any atom is -0.457 e. The minimum atomic E-state index is -1.69. The highest BCUT2D eigenvalue weighted by Crippen LogP contribution is 1.85. The van der Waals surface area contributed by atoms with Gasteiger partial charge in [0.1, 0.15) is 0 Å². The maximum Gasteiger partial charge on any atom is 0.905 e. The van der Waals surface area contributed by atoms with Gasteiger partial charge in [0.25, 0.3) is 0 Å². The van der Waals surface area contributed by atoms with Gasteiger partial charge < -0.3 is 11.4 Å². The van der Waals surface area contributed by atoms with Crippen LogP contribution in [0.2, 0.25) is 0 Å². The smallest absolute Gasteiger partial charge is 0.457 e. The van der Waals surface area contributed by atoms with Gasteiger partial charge in [0.2, 0.25) is 0 Å². The van der Waals surface area contributed by atoms with Gasteiger partial charge in [-0.3, -0.25) is 0 Å². The lowest BCUT2D eigenvalue weighted by Crippen LogP contribution is -2.23. The number of rotatable bonds is 4. The summed E-state index contributed by atoms with van der Waals surface area (Å²) in [6, 6.07) is 0. The Balaban J connectivity index is 3.07. The first-order chi connectivity index (χ1) is 3.85. The molecule has 0 aromatic carbocycles. The van der Waals surface area contributed by atoms with Crippen molar-refractivity contribution in [3.8, 4) is 0 Å². The van der Waals surface area contributed by atoms with Gasteiger partial charge in [-0.15, -0.1) is 0 Å². The van der Waals surface area contributed by atoms with E-state index in [1.54, 1.807) is 14.2 Å². The molecule has 0 aromatic heterocycles. The molecule has 0 saturated heterocycles. The highest BCUT2D eigenvalue weighted by molar-refractivity contribution is 6.36. The van der Waals surface area contributed by atoms with Crippen LogP contribution in [-0.4, -0.2) is 36.0 Å². The fourth-order valence-corrected chi connectivity index (χ4v) is 1.11. The van der Waals surface area contributed by atoms with Crippen LogP contribution in [0.3, 0.4) is 0 Å². The van der Waals surface area contributed by atoms with Crippen LogP contribution in [0.5, 0.6) is 0 Å².